The predicted molar refractivity (Wildman–Crippen MR) is 364 cm³/mol. The molecule has 0 amide bonds. The Morgan fingerprint density at radius 2 is 0.588 bits per heavy atom. The summed E-state index contributed by atoms with van der Waals surface area (Å²) in [5.41, 5.74) is 32.6. The Morgan fingerprint density at radius 1 is 0.271 bits per heavy atom. The van der Waals surface area contributed by atoms with Crippen molar-refractivity contribution in [1.29, 1.82) is 0 Å². The molecule has 7 heteroatoms. The molecule has 17 rings (SSSR count). The molecule has 0 radical (unpaired) electrons. The number of hydrogen-bond donors (Lipinski definition) is 0. The summed E-state index contributed by atoms with van der Waals surface area (Å²) < 4.78 is 2.77. The van der Waals surface area contributed by atoms with Gasteiger partial charge < -0.3 is 0 Å². The van der Waals surface area contributed by atoms with Gasteiger partial charge in [-0.3, -0.25) is 0 Å². The van der Waals surface area contributed by atoms with Crippen LogP contribution in [-0.4, -0.2) is 27.9 Å². The summed E-state index contributed by atoms with van der Waals surface area (Å²) in [6.45, 7) is 13.7. The van der Waals surface area contributed by atoms with Crippen molar-refractivity contribution in [3.05, 3.63) is 266 Å². The summed E-state index contributed by atoms with van der Waals surface area (Å²) in [6.07, 6.45) is 0. The molecule has 4 nitrogen and oxygen atoms in total. The maximum atomic E-state index is 2.79. The summed E-state index contributed by atoms with van der Waals surface area (Å²) in [6, 6.07) is 97.4. The van der Waals surface area contributed by atoms with E-state index in [2.05, 4.69) is 316 Å². The zero-order valence-electron chi connectivity index (χ0n) is 48.6. The molecule has 0 aliphatic carbocycles. The van der Waals surface area contributed by atoms with Crippen molar-refractivity contribution in [2.45, 2.75) is 52.4 Å². The summed E-state index contributed by atoms with van der Waals surface area (Å²) in [5, 5.41) is 0. The molecular formula is C78H60B2N4Se. The molecule has 0 unspecified atom stereocenters. The SMILES string of the molecule is CC(C)(C)c1ccc(N2c3ccccc3B3c4ccc5c6c4N(c4cc(-c7ccccc7)cc2c43)c2c(-c3ccccc3)[se]c(-c3ccccc3)c2N6c2cc(-c3ccccc3)cc3c2B5c2ccccc2N3c2ccc(C(C)(C)C)cc2)cc1. The van der Waals surface area contributed by atoms with Crippen LogP contribution < -0.4 is 52.4 Å². The zero-order valence-corrected chi connectivity index (χ0v) is 50.3. The Morgan fingerprint density at radius 3 is 0.941 bits per heavy atom. The minimum atomic E-state index is -0.126. The van der Waals surface area contributed by atoms with Crippen LogP contribution in [0.15, 0.2) is 255 Å². The molecule has 11 aromatic carbocycles. The van der Waals surface area contributed by atoms with Crippen LogP contribution >= 0.6 is 0 Å². The summed E-state index contributed by atoms with van der Waals surface area (Å²) >= 11 is -0.126. The zero-order chi connectivity index (χ0) is 57.0. The van der Waals surface area contributed by atoms with E-state index in [0.29, 0.717) is 0 Å². The molecule has 6 heterocycles. The quantitative estimate of drug-likeness (QED) is 0.154. The molecule has 404 valence electrons. The summed E-state index contributed by atoms with van der Waals surface area (Å²) in [4.78, 5) is 10.7. The van der Waals surface area contributed by atoms with Gasteiger partial charge in [0.15, 0.2) is 0 Å². The van der Waals surface area contributed by atoms with E-state index < -0.39 is 0 Å². The van der Waals surface area contributed by atoms with Crippen LogP contribution in [-0.2, 0) is 10.8 Å². The van der Waals surface area contributed by atoms with Crippen LogP contribution in [0.3, 0.4) is 0 Å². The minimum absolute atomic E-state index is 0.0141. The van der Waals surface area contributed by atoms with E-state index in [-0.39, 0.29) is 38.8 Å². The molecule has 5 aliphatic rings. The Hall–Kier alpha value is -9.25. The van der Waals surface area contributed by atoms with Gasteiger partial charge in [0.1, 0.15) is 0 Å². The third kappa shape index (κ3) is 7.49. The Bertz CT molecular complexity index is 4380. The number of benzene rings is 11. The molecular weight excluding hydrogens is 1090 g/mol. The van der Waals surface area contributed by atoms with E-state index in [9.17, 15) is 0 Å². The first-order valence-corrected chi connectivity index (χ1v) is 31.7. The first kappa shape index (κ1) is 50.3. The fourth-order valence-electron chi connectivity index (χ4n) is 14.7. The first-order chi connectivity index (χ1) is 41.5. The van der Waals surface area contributed by atoms with Crippen LogP contribution in [0.2, 0.25) is 0 Å². The third-order valence-electron chi connectivity index (χ3n) is 18.6. The molecule has 0 fully saturated rings. The van der Waals surface area contributed by atoms with Crippen molar-refractivity contribution in [3.63, 3.8) is 0 Å². The van der Waals surface area contributed by atoms with Crippen molar-refractivity contribution in [2.75, 3.05) is 19.6 Å². The molecule has 0 spiro atoms. The van der Waals surface area contributed by atoms with E-state index in [0.717, 1.165) is 11.4 Å². The number of nitrogens with zero attached hydrogens (tertiary/aromatic N) is 4. The Kier molecular flexibility index (Phi) is 11.0. The van der Waals surface area contributed by atoms with Gasteiger partial charge >= 0.3 is 468 Å². The molecule has 0 saturated heterocycles. The van der Waals surface area contributed by atoms with Gasteiger partial charge in [-0.25, -0.2) is 0 Å². The molecule has 0 N–H and O–H groups in total. The molecule has 0 bridgehead atoms. The van der Waals surface area contributed by atoms with E-state index in [1.54, 1.807) is 0 Å². The second-order valence-electron chi connectivity index (χ2n) is 25.6. The van der Waals surface area contributed by atoms with Crippen molar-refractivity contribution >= 4 is 129 Å². The van der Waals surface area contributed by atoms with Gasteiger partial charge in [0.2, 0.25) is 0 Å². The average Bonchev–Trinajstić information content (AvgIpc) is 1.69. The second-order valence-corrected chi connectivity index (χ2v) is 27.8. The van der Waals surface area contributed by atoms with Gasteiger partial charge in [0.05, 0.1) is 0 Å². The normalized spacial score (nSPS) is 13.9. The van der Waals surface area contributed by atoms with Crippen molar-refractivity contribution in [2.24, 2.45) is 0 Å². The van der Waals surface area contributed by atoms with Gasteiger partial charge in [-0.1, -0.05) is 41.5 Å². The average molecular weight is 1150 g/mol. The Balaban J connectivity index is 1.03. The van der Waals surface area contributed by atoms with Gasteiger partial charge in [0.25, 0.3) is 0 Å². The van der Waals surface area contributed by atoms with E-state index in [4.69, 9.17) is 0 Å². The standard InChI is InChI=1S/C78H60B2N4Se/c1-77(2,3)55-35-39-57(40-36-55)81-63-33-21-19-31-59(63)79-61-43-44-62-72-71(61)83(67-47-53(45-65(81)69(67)79)49-23-11-7-12-24-49)73-74(76(52-29-17-10-18-30-52)85-75(73)51-27-15-9-16-28-51)84(72)68-48-54(50-25-13-8-14-26-50)46-66-70(68)80(62)60-32-20-22-34-64(60)82(66)58-41-37-56(38-42-58)78(4,5)6/h7-48H,1-6H3. The summed E-state index contributed by atoms with van der Waals surface area (Å²) in [7, 11) is 0. The van der Waals surface area contributed by atoms with Gasteiger partial charge in [-0.05, 0) is 0 Å². The van der Waals surface area contributed by atoms with Crippen molar-refractivity contribution in [1.82, 2.24) is 0 Å². The number of para-hydroxylation sites is 2. The number of hydrogen-bond acceptors (Lipinski definition) is 4. The maximum absolute atomic E-state index is 2.79. The van der Waals surface area contributed by atoms with Gasteiger partial charge in [-0.2, -0.15) is 0 Å². The monoisotopic (exact) mass is 1150 g/mol. The van der Waals surface area contributed by atoms with E-state index >= 15 is 0 Å². The van der Waals surface area contributed by atoms with E-state index in [1.165, 1.54) is 143 Å². The second kappa shape index (κ2) is 18.6. The number of fused-ring (bicyclic) bond motifs is 11. The van der Waals surface area contributed by atoms with Crippen LogP contribution in [0, 0.1) is 0 Å². The van der Waals surface area contributed by atoms with E-state index in [1.807, 2.05) is 0 Å². The molecule has 1 aromatic heterocycles. The molecule has 85 heavy (non-hydrogen) atoms. The fourth-order valence-corrected chi connectivity index (χ4v) is 17.4. The molecule has 0 atom stereocenters. The van der Waals surface area contributed by atoms with Crippen LogP contribution in [0.1, 0.15) is 52.7 Å². The number of anilines is 12. The molecule has 12 aromatic rings. The first-order valence-electron chi connectivity index (χ1n) is 30.0. The van der Waals surface area contributed by atoms with Gasteiger partial charge in [0, 0.05) is 0 Å². The fraction of sp³-hybridized carbons (Fsp3) is 0.103. The third-order valence-corrected chi connectivity index (χ3v) is 21.3. The van der Waals surface area contributed by atoms with Crippen LogP contribution in [0.25, 0.3) is 42.3 Å². The Labute approximate surface area is 505 Å². The molecule has 0 saturated carbocycles. The topological polar surface area (TPSA) is 13.0 Å². The molecule has 5 aliphatic heterocycles. The van der Waals surface area contributed by atoms with Crippen molar-refractivity contribution in [3.8, 4) is 42.3 Å². The van der Waals surface area contributed by atoms with Crippen LogP contribution in [0.4, 0.5) is 68.2 Å². The predicted octanol–water partition coefficient (Wildman–Crippen LogP) is 16.5. The van der Waals surface area contributed by atoms with Crippen LogP contribution in [0.5, 0.6) is 0 Å². The van der Waals surface area contributed by atoms with Gasteiger partial charge in [-0.15, -0.1) is 0 Å². The summed E-state index contributed by atoms with van der Waals surface area (Å²) in [5.74, 6) is 0. The van der Waals surface area contributed by atoms with Crippen molar-refractivity contribution < 1.29 is 0 Å². The number of rotatable bonds is 6.